The number of likely N-dealkylation sites (tertiary alicyclic amines) is 1. The van der Waals surface area contributed by atoms with Gasteiger partial charge in [-0.05, 0) is 50.4 Å². The van der Waals surface area contributed by atoms with Crippen LogP contribution in [0.25, 0.3) is 0 Å². The lowest BCUT2D eigenvalue weighted by atomic mass is 9.98. The second-order valence-corrected chi connectivity index (χ2v) is 5.82. The van der Waals surface area contributed by atoms with Crippen LogP contribution in [0.1, 0.15) is 49.4 Å². The highest BCUT2D eigenvalue weighted by Crippen LogP contribution is 2.20. The minimum Gasteiger partial charge on any atom is -0.303 e. The monoisotopic (exact) mass is 295 g/mol. The number of hydrogen-bond acceptors (Lipinski definition) is 2. The van der Waals surface area contributed by atoms with Gasteiger partial charge in [-0.3, -0.25) is 4.79 Å². The summed E-state index contributed by atoms with van der Waals surface area (Å²) < 4.78 is 26.7. The zero-order valence-electron chi connectivity index (χ0n) is 12.6. The average molecular weight is 295 g/mol. The van der Waals surface area contributed by atoms with Crippen molar-refractivity contribution < 1.29 is 13.6 Å². The van der Waals surface area contributed by atoms with Crippen molar-refractivity contribution >= 4 is 5.78 Å². The van der Waals surface area contributed by atoms with Crippen LogP contribution in [0.5, 0.6) is 0 Å². The lowest BCUT2D eigenvalue weighted by molar-refractivity contribution is 0.0959. The van der Waals surface area contributed by atoms with Crippen molar-refractivity contribution in [1.82, 2.24) is 4.90 Å². The molecule has 0 amide bonds. The minimum absolute atomic E-state index is 0.128. The van der Waals surface area contributed by atoms with Crippen molar-refractivity contribution in [2.45, 2.75) is 39.0 Å². The Morgan fingerprint density at radius 2 is 2.10 bits per heavy atom. The maximum absolute atomic E-state index is 13.6. The van der Waals surface area contributed by atoms with Crippen LogP contribution >= 0.6 is 0 Å². The maximum atomic E-state index is 13.6. The quantitative estimate of drug-likeness (QED) is 0.764. The molecular weight excluding hydrogens is 272 g/mol. The molecule has 0 aromatic heterocycles. The van der Waals surface area contributed by atoms with E-state index < -0.39 is 11.6 Å². The molecule has 0 radical (unpaired) electrons. The summed E-state index contributed by atoms with van der Waals surface area (Å²) in [6.07, 6.45) is 5.03. The molecule has 1 unspecified atom stereocenters. The molecule has 4 heteroatoms. The molecule has 1 heterocycles. The molecular formula is C17H23F2NO. The van der Waals surface area contributed by atoms with Gasteiger partial charge in [0.2, 0.25) is 0 Å². The summed E-state index contributed by atoms with van der Waals surface area (Å²) in [4.78, 5) is 14.3. The fourth-order valence-electron chi connectivity index (χ4n) is 2.97. The third-order valence-corrected chi connectivity index (χ3v) is 4.42. The Morgan fingerprint density at radius 1 is 1.29 bits per heavy atom. The first-order valence-corrected chi connectivity index (χ1v) is 7.81. The van der Waals surface area contributed by atoms with Gasteiger partial charge in [0.25, 0.3) is 0 Å². The molecule has 1 saturated heterocycles. The van der Waals surface area contributed by atoms with Gasteiger partial charge < -0.3 is 4.90 Å². The van der Waals surface area contributed by atoms with Crippen molar-refractivity contribution in [3.8, 4) is 0 Å². The lowest BCUT2D eigenvalue weighted by Crippen LogP contribution is -2.27. The predicted octanol–water partition coefficient (Wildman–Crippen LogP) is 4.05. The van der Waals surface area contributed by atoms with Crippen LogP contribution in [0, 0.1) is 17.6 Å². The van der Waals surface area contributed by atoms with Crippen LogP contribution in [0.3, 0.4) is 0 Å². The topological polar surface area (TPSA) is 20.3 Å². The molecule has 0 bridgehead atoms. The van der Waals surface area contributed by atoms with Gasteiger partial charge in [-0.25, -0.2) is 8.78 Å². The molecule has 1 aliphatic rings. The van der Waals surface area contributed by atoms with Crippen LogP contribution < -0.4 is 0 Å². The van der Waals surface area contributed by atoms with E-state index in [9.17, 15) is 13.6 Å². The van der Waals surface area contributed by atoms with E-state index in [0.29, 0.717) is 6.54 Å². The molecule has 1 aromatic carbocycles. The van der Waals surface area contributed by atoms with E-state index >= 15 is 0 Å². The first-order valence-electron chi connectivity index (χ1n) is 7.81. The van der Waals surface area contributed by atoms with Crippen LogP contribution in [-0.2, 0) is 0 Å². The number of rotatable bonds is 5. The molecule has 21 heavy (non-hydrogen) atoms. The van der Waals surface area contributed by atoms with Crippen molar-refractivity contribution in [1.29, 1.82) is 0 Å². The van der Waals surface area contributed by atoms with E-state index in [1.807, 2.05) is 0 Å². The van der Waals surface area contributed by atoms with Crippen molar-refractivity contribution in [2.24, 2.45) is 5.92 Å². The van der Waals surface area contributed by atoms with Crippen molar-refractivity contribution in [3.05, 3.63) is 35.4 Å². The number of nitrogens with zero attached hydrogens (tertiary/aromatic N) is 1. The number of ketones is 1. The van der Waals surface area contributed by atoms with Gasteiger partial charge in [0.1, 0.15) is 0 Å². The molecule has 1 aromatic rings. The first-order chi connectivity index (χ1) is 10.1. The fourth-order valence-corrected chi connectivity index (χ4v) is 2.97. The second kappa shape index (κ2) is 7.64. The Labute approximate surface area is 125 Å². The largest absolute Gasteiger partial charge is 0.303 e. The van der Waals surface area contributed by atoms with Gasteiger partial charge >= 0.3 is 0 Å². The van der Waals surface area contributed by atoms with E-state index in [1.54, 1.807) is 0 Å². The summed E-state index contributed by atoms with van der Waals surface area (Å²) in [5, 5.41) is 0. The maximum Gasteiger partial charge on any atom is 0.169 e. The molecule has 2 rings (SSSR count). The summed E-state index contributed by atoms with van der Waals surface area (Å²) >= 11 is 0. The summed E-state index contributed by atoms with van der Waals surface area (Å²) in [7, 11) is 0. The summed E-state index contributed by atoms with van der Waals surface area (Å²) in [6, 6.07) is 3.77. The van der Waals surface area contributed by atoms with Gasteiger partial charge in [-0.2, -0.15) is 0 Å². The highest BCUT2D eigenvalue weighted by molar-refractivity contribution is 5.96. The van der Waals surface area contributed by atoms with Gasteiger partial charge in [-0.1, -0.05) is 19.4 Å². The fraction of sp³-hybridized carbons (Fsp3) is 0.588. The summed E-state index contributed by atoms with van der Waals surface area (Å²) in [5.41, 5.74) is -0.128. The number of carbonyl (C=O) groups is 1. The Hall–Kier alpha value is -1.29. The van der Waals surface area contributed by atoms with E-state index in [4.69, 9.17) is 0 Å². The SMILES string of the molecule is CCC1CCCN(CCC(=O)c2cccc(F)c2F)CC1. The number of hydrogen-bond donors (Lipinski definition) is 0. The van der Waals surface area contributed by atoms with Crippen LogP contribution in [0.2, 0.25) is 0 Å². The lowest BCUT2D eigenvalue weighted by Gasteiger charge is -2.19. The third kappa shape index (κ3) is 4.34. The Kier molecular flexibility index (Phi) is 5.85. The molecule has 1 fully saturated rings. The second-order valence-electron chi connectivity index (χ2n) is 5.82. The Morgan fingerprint density at radius 3 is 2.86 bits per heavy atom. The Bertz CT molecular complexity index is 490. The van der Waals surface area contributed by atoms with Crippen molar-refractivity contribution in [3.63, 3.8) is 0 Å². The smallest absolute Gasteiger partial charge is 0.169 e. The average Bonchev–Trinajstić information content (AvgIpc) is 2.72. The summed E-state index contributed by atoms with van der Waals surface area (Å²) in [5.74, 6) is -1.51. The molecule has 0 N–H and O–H groups in total. The molecule has 1 atom stereocenters. The van der Waals surface area contributed by atoms with E-state index in [0.717, 1.165) is 31.5 Å². The molecule has 2 nitrogen and oxygen atoms in total. The van der Waals surface area contributed by atoms with Gasteiger partial charge in [0.15, 0.2) is 17.4 Å². The molecule has 1 aliphatic heterocycles. The van der Waals surface area contributed by atoms with Gasteiger partial charge in [0.05, 0.1) is 5.56 Å². The van der Waals surface area contributed by atoms with Crippen LogP contribution in [0.4, 0.5) is 8.78 Å². The van der Waals surface area contributed by atoms with Crippen LogP contribution in [-0.4, -0.2) is 30.3 Å². The first kappa shape index (κ1) is 16.1. The van der Waals surface area contributed by atoms with Gasteiger partial charge in [0, 0.05) is 13.0 Å². The van der Waals surface area contributed by atoms with E-state index in [-0.39, 0.29) is 17.8 Å². The van der Waals surface area contributed by atoms with Crippen LogP contribution in [0.15, 0.2) is 18.2 Å². The molecule has 116 valence electrons. The third-order valence-electron chi connectivity index (χ3n) is 4.42. The zero-order valence-corrected chi connectivity index (χ0v) is 12.6. The zero-order chi connectivity index (χ0) is 15.2. The van der Waals surface area contributed by atoms with E-state index in [2.05, 4.69) is 11.8 Å². The highest BCUT2D eigenvalue weighted by atomic mass is 19.2. The predicted molar refractivity (Wildman–Crippen MR) is 79.4 cm³/mol. The number of carbonyl (C=O) groups excluding carboxylic acids is 1. The van der Waals surface area contributed by atoms with Crippen molar-refractivity contribution in [2.75, 3.05) is 19.6 Å². The summed E-state index contributed by atoms with van der Waals surface area (Å²) in [6.45, 7) is 4.84. The Balaban J connectivity index is 1.88. The normalized spacial score (nSPS) is 20.2. The van der Waals surface area contributed by atoms with Gasteiger partial charge in [-0.15, -0.1) is 0 Å². The molecule has 0 spiro atoms. The highest BCUT2D eigenvalue weighted by Gasteiger charge is 2.18. The van der Waals surface area contributed by atoms with E-state index in [1.165, 1.54) is 31.4 Å². The number of halogens is 2. The molecule has 0 aliphatic carbocycles. The minimum atomic E-state index is -1.02. The molecule has 0 saturated carbocycles. The standard InChI is InChI=1S/C17H23F2NO/c1-2-13-5-4-10-20(11-8-13)12-9-16(21)14-6-3-7-15(18)17(14)19/h3,6-7,13H,2,4-5,8-12H2,1H3. The number of Topliss-reactive ketones (excluding diaryl/α,β-unsaturated/α-hetero) is 1. The number of benzene rings is 1.